The van der Waals surface area contributed by atoms with Crippen molar-refractivity contribution in [1.29, 1.82) is 0 Å². The van der Waals surface area contributed by atoms with Crippen molar-refractivity contribution in [3.8, 4) is 5.69 Å². The Labute approximate surface area is 185 Å². The van der Waals surface area contributed by atoms with Crippen molar-refractivity contribution in [3.05, 3.63) is 46.8 Å². The first-order valence-corrected chi connectivity index (χ1v) is 11.5. The molecule has 168 valence electrons. The zero-order valence-corrected chi connectivity index (χ0v) is 19.5. The number of likely N-dealkylation sites (tertiary alicyclic amines) is 1. The van der Waals surface area contributed by atoms with Crippen LogP contribution in [0.2, 0.25) is 0 Å². The van der Waals surface area contributed by atoms with Crippen LogP contribution in [0.15, 0.2) is 24.3 Å². The highest BCUT2D eigenvalue weighted by atomic mass is 16.5. The first kappa shape index (κ1) is 23.0. The normalized spacial score (nSPS) is 16.6. The molecule has 0 N–H and O–H groups in total. The van der Waals surface area contributed by atoms with Crippen LogP contribution in [0, 0.1) is 18.8 Å². The van der Waals surface area contributed by atoms with E-state index in [1.165, 1.54) is 5.56 Å². The van der Waals surface area contributed by atoms with Gasteiger partial charge in [-0.05, 0) is 57.6 Å². The van der Waals surface area contributed by atoms with Crippen molar-refractivity contribution in [2.24, 2.45) is 11.8 Å². The number of carbonyl (C=O) groups is 2. The number of nitrogens with zero attached hydrogens (tertiary/aromatic N) is 3. The third-order valence-corrected chi connectivity index (χ3v) is 5.81. The highest BCUT2D eigenvalue weighted by Gasteiger charge is 2.33. The molecule has 1 fully saturated rings. The van der Waals surface area contributed by atoms with Crippen LogP contribution in [-0.2, 0) is 22.4 Å². The van der Waals surface area contributed by atoms with Crippen LogP contribution in [0.1, 0.15) is 67.8 Å². The predicted octanol–water partition coefficient (Wildman–Crippen LogP) is 4.36. The Hall–Kier alpha value is -2.63. The maximum atomic E-state index is 13.7. The van der Waals surface area contributed by atoms with E-state index in [0.29, 0.717) is 37.6 Å². The molecule has 2 aromatic rings. The fraction of sp³-hybridized carbons (Fsp3) is 0.560. The van der Waals surface area contributed by atoms with Gasteiger partial charge in [-0.1, -0.05) is 38.5 Å². The van der Waals surface area contributed by atoms with Gasteiger partial charge in [-0.2, -0.15) is 5.10 Å². The average molecular weight is 426 g/mol. The fourth-order valence-corrected chi connectivity index (χ4v) is 4.28. The molecular formula is C25H35N3O3. The maximum Gasteiger partial charge on any atom is 0.310 e. The third-order valence-electron chi connectivity index (χ3n) is 5.81. The monoisotopic (exact) mass is 425 g/mol. The molecular weight excluding hydrogens is 390 g/mol. The van der Waals surface area contributed by atoms with E-state index < -0.39 is 0 Å². The SMILES string of the molecule is CCOC(=O)[C@@H]1CCCN(C(=O)c2c(CC(C)C)nn(-c3ccc(C)cc3)c2CC)C1. The van der Waals surface area contributed by atoms with E-state index in [-0.39, 0.29) is 17.8 Å². The summed E-state index contributed by atoms with van der Waals surface area (Å²) in [7, 11) is 0. The maximum absolute atomic E-state index is 13.7. The largest absolute Gasteiger partial charge is 0.466 e. The minimum absolute atomic E-state index is 0.0140. The molecule has 6 heteroatoms. The number of aromatic nitrogens is 2. The van der Waals surface area contributed by atoms with Gasteiger partial charge in [-0.25, -0.2) is 4.68 Å². The Balaban J connectivity index is 1.98. The number of benzene rings is 1. The molecule has 6 nitrogen and oxygen atoms in total. The molecule has 3 rings (SSSR count). The van der Waals surface area contributed by atoms with Crippen molar-refractivity contribution in [1.82, 2.24) is 14.7 Å². The van der Waals surface area contributed by atoms with Crippen LogP contribution in [0.25, 0.3) is 5.69 Å². The van der Waals surface area contributed by atoms with Gasteiger partial charge >= 0.3 is 5.97 Å². The molecule has 0 radical (unpaired) electrons. The molecule has 2 heterocycles. The Kier molecular flexibility index (Phi) is 7.52. The zero-order valence-electron chi connectivity index (χ0n) is 19.5. The van der Waals surface area contributed by atoms with E-state index in [4.69, 9.17) is 9.84 Å². The second kappa shape index (κ2) is 10.1. The fourth-order valence-electron chi connectivity index (χ4n) is 4.28. The summed E-state index contributed by atoms with van der Waals surface area (Å²) in [6.07, 6.45) is 3.02. The summed E-state index contributed by atoms with van der Waals surface area (Å²) in [6.45, 7) is 11.7. The smallest absolute Gasteiger partial charge is 0.310 e. The number of ether oxygens (including phenoxy) is 1. The molecule has 0 saturated carbocycles. The average Bonchev–Trinajstić information content (AvgIpc) is 3.11. The number of hydrogen-bond donors (Lipinski definition) is 0. The van der Waals surface area contributed by atoms with Gasteiger partial charge in [0.25, 0.3) is 5.91 Å². The molecule has 31 heavy (non-hydrogen) atoms. The van der Waals surface area contributed by atoms with Crippen LogP contribution in [0.4, 0.5) is 0 Å². The number of piperidine rings is 1. The van der Waals surface area contributed by atoms with Gasteiger partial charge in [-0.3, -0.25) is 9.59 Å². The van der Waals surface area contributed by atoms with Crippen LogP contribution in [-0.4, -0.2) is 46.3 Å². The topological polar surface area (TPSA) is 64.4 Å². The molecule has 1 aliphatic heterocycles. The Bertz CT molecular complexity index is 915. The lowest BCUT2D eigenvalue weighted by atomic mass is 9.96. The third kappa shape index (κ3) is 5.17. The zero-order chi connectivity index (χ0) is 22.5. The van der Waals surface area contributed by atoms with Gasteiger partial charge in [0.2, 0.25) is 0 Å². The minimum atomic E-state index is -0.247. The number of hydrogen-bond acceptors (Lipinski definition) is 4. The quantitative estimate of drug-likeness (QED) is 0.619. The summed E-state index contributed by atoms with van der Waals surface area (Å²) in [5.41, 5.74) is 4.64. The molecule has 0 bridgehead atoms. The number of amides is 1. The van der Waals surface area contributed by atoms with Crippen molar-refractivity contribution in [3.63, 3.8) is 0 Å². The summed E-state index contributed by atoms with van der Waals surface area (Å²) < 4.78 is 7.14. The van der Waals surface area contributed by atoms with E-state index in [1.54, 1.807) is 0 Å². The lowest BCUT2D eigenvalue weighted by Gasteiger charge is -2.31. The van der Waals surface area contributed by atoms with Crippen molar-refractivity contribution < 1.29 is 14.3 Å². The van der Waals surface area contributed by atoms with E-state index in [0.717, 1.165) is 36.3 Å². The summed E-state index contributed by atoms with van der Waals surface area (Å²) in [5.74, 6) is -0.0805. The Morgan fingerprint density at radius 2 is 1.90 bits per heavy atom. The molecule has 1 saturated heterocycles. The van der Waals surface area contributed by atoms with Crippen molar-refractivity contribution in [2.45, 2.75) is 60.3 Å². The standard InChI is InChI=1S/C25H35N3O3/c1-6-22-23(24(29)27-14-8-9-19(16-27)25(30)31-7-2)21(15-17(3)4)26-28(22)20-12-10-18(5)11-13-20/h10-13,17,19H,6-9,14-16H2,1-5H3/t19-/m1/s1. The second-order valence-electron chi connectivity index (χ2n) is 8.81. The summed E-state index contributed by atoms with van der Waals surface area (Å²) in [6, 6.07) is 8.22. The molecule has 1 aromatic carbocycles. The van der Waals surface area contributed by atoms with E-state index in [9.17, 15) is 9.59 Å². The molecule has 1 amide bonds. The van der Waals surface area contributed by atoms with Gasteiger partial charge in [0, 0.05) is 13.1 Å². The molecule has 1 aliphatic rings. The van der Waals surface area contributed by atoms with Gasteiger partial charge in [0.15, 0.2) is 0 Å². The summed E-state index contributed by atoms with van der Waals surface area (Å²) in [5, 5.41) is 4.90. The second-order valence-corrected chi connectivity index (χ2v) is 8.81. The number of aryl methyl sites for hydroxylation is 1. The number of rotatable bonds is 7. The molecule has 1 atom stereocenters. The van der Waals surface area contributed by atoms with E-state index in [2.05, 4.69) is 39.8 Å². The molecule has 0 spiro atoms. The molecule has 0 aliphatic carbocycles. The Morgan fingerprint density at radius 3 is 2.52 bits per heavy atom. The number of esters is 1. The van der Waals surface area contributed by atoms with E-state index >= 15 is 0 Å². The van der Waals surface area contributed by atoms with Crippen LogP contribution in [0.5, 0.6) is 0 Å². The first-order chi connectivity index (χ1) is 14.8. The van der Waals surface area contributed by atoms with Gasteiger partial charge in [0.05, 0.1) is 35.2 Å². The van der Waals surface area contributed by atoms with E-state index in [1.807, 2.05) is 28.6 Å². The van der Waals surface area contributed by atoms with Crippen molar-refractivity contribution >= 4 is 11.9 Å². The highest BCUT2D eigenvalue weighted by molar-refractivity contribution is 5.97. The van der Waals surface area contributed by atoms with Gasteiger partial charge in [-0.15, -0.1) is 0 Å². The molecule has 1 aromatic heterocycles. The first-order valence-electron chi connectivity index (χ1n) is 11.5. The minimum Gasteiger partial charge on any atom is -0.466 e. The van der Waals surface area contributed by atoms with Gasteiger partial charge in [0.1, 0.15) is 0 Å². The van der Waals surface area contributed by atoms with Crippen LogP contribution < -0.4 is 0 Å². The Morgan fingerprint density at radius 1 is 1.19 bits per heavy atom. The lowest BCUT2D eigenvalue weighted by Crippen LogP contribution is -2.43. The van der Waals surface area contributed by atoms with Crippen LogP contribution in [0.3, 0.4) is 0 Å². The van der Waals surface area contributed by atoms with Crippen LogP contribution >= 0.6 is 0 Å². The predicted molar refractivity (Wildman–Crippen MR) is 121 cm³/mol. The summed E-state index contributed by atoms with van der Waals surface area (Å²) >= 11 is 0. The van der Waals surface area contributed by atoms with Crippen molar-refractivity contribution in [2.75, 3.05) is 19.7 Å². The lowest BCUT2D eigenvalue weighted by molar-refractivity contribution is -0.149. The van der Waals surface area contributed by atoms with Gasteiger partial charge < -0.3 is 9.64 Å². The number of carbonyl (C=O) groups excluding carboxylic acids is 2. The summed E-state index contributed by atoms with van der Waals surface area (Å²) in [4.78, 5) is 27.8. The highest BCUT2D eigenvalue weighted by Crippen LogP contribution is 2.27. The molecule has 0 unspecified atom stereocenters.